The van der Waals surface area contributed by atoms with Crippen LogP contribution in [-0.2, 0) is 28.9 Å². The number of aromatic hydroxyl groups is 1. The number of aromatic nitrogens is 1. The molecule has 0 radical (unpaired) electrons. The Labute approximate surface area is 321 Å². The molecule has 1 saturated heterocycles. The van der Waals surface area contributed by atoms with Crippen molar-refractivity contribution in [1.82, 2.24) is 19.7 Å². The Hall–Kier alpha value is -5.46. The predicted molar refractivity (Wildman–Crippen MR) is 209 cm³/mol. The molecular formula is C43H47FN6O5. The van der Waals surface area contributed by atoms with E-state index in [4.69, 9.17) is 14.5 Å². The van der Waals surface area contributed by atoms with Crippen molar-refractivity contribution in [2.75, 3.05) is 70.4 Å². The number of halogens is 1. The first-order valence-corrected chi connectivity index (χ1v) is 18.9. The molecule has 1 fully saturated rings. The van der Waals surface area contributed by atoms with Crippen LogP contribution < -0.4 is 14.5 Å². The summed E-state index contributed by atoms with van der Waals surface area (Å²) in [5.41, 5.74) is 4.67. The monoisotopic (exact) mass is 746 g/mol. The summed E-state index contributed by atoms with van der Waals surface area (Å²) in [6, 6.07) is 19.5. The summed E-state index contributed by atoms with van der Waals surface area (Å²) >= 11 is 0. The van der Waals surface area contributed by atoms with Gasteiger partial charge < -0.3 is 29.3 Å². The van der Waals surface area contributed by atoms with Crippen molar-refractivity contribution in [2.45, 2.75) is 44.3 Å². The molecule has 286 valence electrons. The number of nitrogens with zero attached hydrogens (tertiary/aromatic N) is 6. The Morgan fingerprint density at radius 2 is 1.75 bits per heavy atom. The van der Waals surface area contributed by atoms with Gasteiger partial charge in [-0.3, -0.25) is 19.4 Å². The van der Waals surface area contributed by atoms with Gasteiger partial charge in [0.2, 0.25) is 0 Å². The largest absolute Gasteiger partial charge is 0.508 e. The lowest BCUT2D eigenvalue weighted by atomic mass is 9.92. The zero-order valence-electron chi connectivity index (χ0n) is 31.8. The number of carbonyl (C=O) groups excluding carboxylic acids is 2. The van der Waals surface area contributed by atoms with Crippen LogP contribution in [-0.4, -0.2) is 109 Å². The van der Waals surface area contributed by atoms with E-state index in [9.17, 15) is 9.90 Å². The van der Waals surface area contributed by atoms with Crippen LogP contribution in [0.5, 0.6) is 11.5 Å². The lowest BCUT2D eigenvalue weighted by Crippen LogP contribution is -2.53. The molecule has 55 heavy (non-hydrogen) atoms. The summed E-state index contributed by atoms with van der Waals surface area (Å²) in [5, 5.41) is 10.1. The number of fused-ring (bicyclic) bond motifs is 2. The van der Waals surface area contributed by atoms with Crippen molar-refractivity contribution in [3.8, 4) is 11.5 Å². The highest BCUT2D eigenvalue weighted by Crippen LogP contribution is 2.43. The lowest BCUT2D eigenvalue weighted by molar-refractivity contribution is -0.126. The van der Waals surface area contributed by atoms with Gasteiger partial charge in [0.15, 0.2) is 11.6 Å². The fourth-order valence-electron chi connectivity index (χ4n) is 8.44. The van der Waals surface area contributed by atoms with E-state index >= 15 is 9.18 Å². The zero-order valence-corrected chi connectivity index (χ0v) is 31.8. The maximum absolute atomic E-state index is 15.8. The van der Waals surface area contributed by atoms with Crippen LogP contribution in [0.4, 0.5) is 21.6 Å². The number of phenolic OH excluding ortho intramolecular Hbond substituents is 1. The molecule has 12 heteroatoms. The lowest BCUT2D eigenvalue weighted by Gasteiger charge is -2.41. The molecule has 4 aliphatic heterocycles. The zero-order chi connectivity index (χ0) is 38.4. The van der Waals surface area contributed by atoms with Gasteiger partial charge in [0, 0.05) is 69.8 Å². The van der Waals surface area contributed by atoms with Crippen molar-refractivity contribution in [3.05, 3.63) is 113 Å². The summed E-state index contributed by atoms with van der Waals surface area (Å²) in [6.45, 7) is 6.69. The Kier molecular flexibility index (Phi) is 9.72. The van der Waals surface area contributed by atoms with Crippen molar-refractivity contribution in [2.24, 2.45) is 0 Å². The molecule has 2 atom stereocenters. The minimum Gasteiger partial charge on any atom is -0.508 e. The average molecular weight is 747 g/mol. The molecule has 4 aliphatic rings. The standard InChI is InChI=1S/C43H47FN6O5/c1-43(42(53)50(31-9-11-34(51)12-10-31)32-22-29-14-16-46(2)40(29)45-25-32)15-13-38(47(43)3)35-23-37(44)39(54-4)24-36(35)41(52)49-26-30-8-6-5-7-28(30)21-33(49)27-48-17-19-55-20-18-48/h5-13,22-25,33,51H,14-21,26-27H2,1-4H3/t33-,43?/m0/s1. The van der Waals surface area contributed by atoms with Crippen molar-refractivity contribution in [3.63, 3.8) is 0 Å². The molecule has 1 N–H and O–H groups in total. The number of pyridine rings is 1. The van der Waals surface area contributed by atoms with E-state index in [0.717, 1.165) is 43.0 Å². The average Bonchev–Trinajstić information content (AvgIpc) is 3.73. The highest BCUT2D eigenvalue weighted by atomic mass is 19.1. The van der Waals surface area contributed by atoms with Crippen LogP contribution in [0.2, 0.25) is 0 Å². The van der Waals surface area contributed by atoms with E-state index in [1.807, 2.05) is 55.1 Å². The van der Waals surface area contributed by atoms with Crippen molar-refractivity contribution < 1.29 is 28.6 Å². The number of phenols is 1. The van der Waals surface area contributed by atoms with Gasteiger partial charge in [-0.1, -0.05) is 30.3 Å². The van der Waals surface area contributed by atoms with E-state index < -0.39 is 11.4 Å². The van der Waals surface area contributed by atoms with Gasteiger partial charge in [-0.05, 0) is 85.3 Å². The Morgan fingerprint density at radius 1 is 1.00 bits per heavy atom. The molecule has 3 aromatic carbocycles. The summed E-state index contributed by atoms with van der Waals surface area (Å²) in [6.07, 6.45) is 5.42. The second-order valence-corrected chi connectivity index (χ2v) is 15.1. The number of carbonyl (C=O) groups is 2. The number of benzene rings is 3. The van der Waals surface area contributed by atoms with E-state index in [1.165, 1.54) is 24.8 Å². The van der Waals surface area contributed by atoms with Crippen molar-refractivity contribution >= 4 is 34.7 Å². The second-order valence-electron chi connectivity index (χ2n) is 15.1. The van der Waals surface area contributed by atoms with Crippen LogP contribution in [0.3, 0.4) is 0 Å². The highest BCUT2D eigenvalue weighted by Gasteiger charge is 2.46. The van der Waals surface area contributed by atoms with Crippen LogP contribution in [0.15, 0.2) is 79.0 Å². The minimum atomic E-state index is -1.14. The number of morpholine rings is 1. The Morgan fingerprint density at radius 3 is 2.49 bits per heavy atom. The van der Waals surface area contributed by atoms with Crippen molar-refractivity contribution in [1.29, 1.82) is 0 Å². The Balaban J connectivity index is 1.15. The normalized spacial score (nSPS) is 20.9. The van der Waals surface area contributed by atoms with E-state index in [0.29, 0.717) is 67.3 Å². The molecule has 0 spiro atoms. The van der Waals surface area contributed by atoms with Gasteiger partial charge in [-0.25, -0.2) is 9.37 Å². The summed E-state index contributed by atoms with van der Waals surface area (Å²) < 4.78 is 26.8. The number of methoxy groups -OCH3 is 1. The molecule has 2 amide bonds. The van der Waals surface area contributed by atoms with Gasteiger partial charge in [0.05, 0.1) is 37.8 Å². The minimum absolute atomic E-state index is 0.0254. The molecular weight excluding hydrogens is 700 g/mol. The molecule has 0 saturated carbocycles. The molecule has 4 aromatic rings. The maximum Gasteiger partial charge on any atom is 0.257 e. The summed E-state index contributed by atoms with van der Waals surface area (Å²) in [5.74, 6) is -0.117. The number of hydrogen-bond donors (Lipinski definition) is 1. The highest BCUT2D eigenvalue weighted by molar-refractivity contribution is 6.08. The van der Waals surface area contributed by atoms with Crippen LogP contribution in [0, 0.1) is 5.82 Å². The number of anilines is 3. The molecule has 1 unspecified atom stereocenters. The van der Waals surface area contributed by atoms with Gasteiger partial charge >= 0.3 is 0 Å². The SMILES string of the molecule is COc1cc(C(=O)N2Cc3ccccc3C[C@H]2CN2CCOCC2)c(C2=CCC(C)(C(=O)N(c3ccc(O)cc3)c3cnc4c(c3)CCN4C)N2C)cc1F. The van der Waals surface area contributed by atoms with E-state index in [1.54, 1.807) is 35.4 Å². The van der Waals surface area contributed by atoms with Gasteiger partial charge in [-0.15, -0.1) is 0 Å². The molecule has 1 aromatic heterocycles. The van der Waals surface area contributed by atoms with Gasteiger partial charge in [0.1, 0.15) is 17.1 Å². The number of hydrogen-bond acceptors (Lipinski definition) is 9. The fourth-order valence-corrected chi connectivity index (χ4v) is 8.44. The Bertz CT molecular complexity index is 2150. The van der Waals surface area contributed by atoms with Crippen LogP contribution in [0.25, 0.3) is 5.70 Å². The molecule has 0 aliphatic carbocycles. The van der Waals surface area contributed by atoms with Crippen LogP contribution >= 0.6 is 0 Å². The van der Waals surface area contributed by atoms with E-state index in [2.05, 4.69) is 21.9 Å². The third-order valence-electron chi connectivity index (χ3n) is 11.8. The molecule has 8 rings (SSSR count). The van der Waals surface area contributed by atoms with Crippen LogP contribution in [0.1, 0.15) is 46.0 Å². The number of amides is 2. The molecule has 0 bridgehead atoms. The quantitative estimate of drug-likeness (QED) is 0.246. The molecule has 11 nitrogen and oxygen atoms in total. The first-order chi connectivity index (χ1) is 26.5. The maximum atomic E-state index is 15.8. The third-order valence-corrected chi connectivity index (χ3v) is 11.8. The topological polar surface area (TPSA) is 102 Å². The van der Waals surface area contributed by atoms with Gasteiger partial charge in [-0.2, -0.15) is 0 Å². The predicted octanol–water partition coefficient (Wildman–Crippen LogP) is 5.63. The second kappa shape index (κ2) is 14.6. The number of rotatable bonds is 8. The number of ether oxygens (including phenoxy) is 2. The first kappa shape index (κ1) is 36.5. The number of likely N-dealkylation sites (N-methyl/N-ethyl adjacent to an activating group) is 2. The first-order valence-electron chi connectivity index (χ1n) is 18.9. The van der Waals surface area contributed by atoms with Gasteiger partial charge in [0.25, 0.3) is 11.8 Å². The summed E-state index contributed by atoms with van der Waals surface area (Å²) in [4.78, 5) is 44.6. The summed E-state index contributed by atoms with van der Waals surface area (Å²) in [7, 11) is 5.21. The van der Waals surface area contributed by atoms with E-state index in [-0.39, 0.29) is 29.4 Å². The third kappa shape index (κ3) is 6.67. The smallest absolute Gasteiger partial charge is 0.257 e. The fraction of sp³-hybridized carbons (Fsp3) is 0.372. The molecule has 5 heterocycles.